The van der Waals surface area contributed by atoms with E-state index in [0.29, 0.717) is 6.42 Å². The van der Waals surface area contributed by atoms with E-state index in [-0.39, 0.29) is 24.3 Å². The van der Waals surface area contributed by atoms with Gasteiger partial charge in [0.1, 0.15) is 0 Å². The number of hydrogen-bond acceptors (Lipinski definition) is 1. The van der Waals surface area contributed by atoms with E-state index >= 15 is 0 Å². The third-order valence-electron chi connectivity index (χ3n) is 3.70. The highest BCUT2D eigenvalue weighted by Gasteiger charge is 2.42. The smallest absolute Gasteiger partial charge is 0.248 e. The molecule has 82 valence electrons. The number of rotatable bonds is 2. The van der Waals surface area contributed by atoms with E-state index in [1.165, 1.54) is 6.42 Å². The lowest BCUT2D eigenvalue weighted by Crippen LogP contribution is -2.37. The molecule has 2 fully saturated rings. The van der Waals surface area contributed by atoms with Crippen LogP contribution in [0.5, 0.6) is 0 Å². The number of hydrogen-bond donors (Lipinski definition) is 1. The van der Waals surface area contributed by atoms with Crippen molar-refractivity contribution < 1.29 is 8.78 Å². The zero-order valence-corrected chi connectivity index (χ0v) is 8.78. The van der Waals surface area contributed by atoms with Crippen molar-refractivity contribution in [1.29, 1.82) is 0 Å². The van der Waals surface area contributed by atoms with Gasteiger partial charge in [-0.3, -0.25) is 0 Å². The maximum Gasteiger partial charge on any atom is 0.248 e. The molecule has 2 aliphatic rings. The minimum atomic E-state index is -2.38. The van der Waals surface area contributed by atoms with E-state index in [1.54, 1.807) is 0 Å². The molecule has 0 aromatic carbocycles. The zero-order chi connectivity index (χ0) is 10.2. The molecule has 2 rings (SSSR count). The molecular weight excluding hydrogens is 184 g/mol. The largest absolute Gasteiger partial charge is 0.312 e. The number of alkyl halides is 2. The first-order valence-electron chi connectivity index (χ1n) is 5.62. The minimum absolute atomic E-state index is 0.105. The molecule has 0 aromatic rings. The van der Waals surface area contributed by atoms with Crippen LogP contribution in [-0.4, -0.2) is 18.0 Å². The maximum absolute atomic E-state index is 13.0. The van der Waals surface area contributed by atoms with E-state index in [2.05, 4.69) is 12.2 Å². The van der Waals surface area contributed by atoms with E-state index in [9.17, 15) is 8.78 Å². The summed E-state index contributed by atoms with van der Waals surface area (Å²) in [6, 6.07) is 0. The lowest BCUT2D eigenvalue weighted by molar-refractivity contribution is 0.00376. The first-order chi connectivity index (χ1) is 6.49. The fourth-order valence-corrected chi connectivity index (χ4v) is 2.98. The van der Waals surface area contributed by atoms with Crippen molar-refractivity contribution in [2.75, 3.05) is 6.54 Å². The second-order valence-electron chi connectivity index (χ2n) is 5.26. The molecule has 0 radical (unpaired) electrons. The van der Waals surface area contributed by atoms with Crippen LogP contribution in [0.2, 0.25) is 0 Å². The molecule has 1 nitrogen and oxygen atoms in total. The predicted molar refractivity (Wildman–Crippen MR) is 52.5 cm³/mol. The molecule has 14 heavy (non-hydrogen) atoms. The molecule has 0 amide bonds. The Morgan fingerprint density at radius 2 is 2.14 bits per heavy atom. The van der Waals surface area contributed by atoms with Crippen LogP contribution in [0.4, 0.5) is 8.78 Å². The third-order valence-corrected chi connectivity index (χ3v) is 3.70. The lowest BCUT2D eigenvalue weighted by atomic mass is 9.87. The Hall–Kier alpha value is -0.180. The van der Waals surface area contributed by atoms with Crippen molar-refractivity contribution in [1.82, 2.24) is 5.32 Å². The standard InChI is InChI=1S/C11H19F2N/c1-10(4-2-6-14-10)7-9-3-5-11(12,13)8-9/h9,14H,2-8H2,1H3. The van der Waals surface area contributed by atoms with Crippen LogP contribution in [0.1, 0.15) is 45.4 Å². The topological polar surface area (TPSA) is 12.0 Å². The molecule has 2 atom stereocenters. The quantitative estimate of drug-likeness (QED) is 0.727. The van der Waals surface area contributed by atoms with Crippen LogP contribution < -0.4 is 5.32 Å². The van der Waals surface area contributed by atoms with Gasteiger partial charge in [0.25, 0.3) is 0 Å². The van der Waals surface area contributed by atoms with Crippen molar-refractivity contribution in [2.45, 2.75) is 56.9 Å². The Labute approximate surface area is 84.3 Å². The van der Waals surface area contributed by atoms with Gasteiger partial charge < -0.3 is 5.32 Å². The van der Waals surface area contributed by atoms with Gasteiger partial charge in [0, 0.05) is 18.4 Å². The summed E-state index contributed by atoms with van der Waals surface area (Å²) < 4.78 is 25.9. The zero-order valence-electron chi connectivity index (χ0n) is 8.78. The van der Waals surface area contributed by atoms with Gasteiger partial charge in [0.2, 0.25) is 5.92 Å². The second-order valence-corrected chi connectivity index (χ2v) is 5.26. The van der Waals surface area contributed by atoms with E-state index in [4.69, 9.17) is 0 Å². The van der Waals surface area contributed by atoms with Gasteiger partial charge in [-0.1, -0.05) is 0 Å². The van der Waals surface area contributed by atoms with E-state index < -0.39 is 5.92 Å². The van der Waals surface area contributed by atoms with Crippen molar-refractivity contribution in [3.05, 3.63) is 0 Å². The second kappa shape index (κ2) is 3.44. The van der Waals surface area contributed by atoms with Crippen LogP contribution in [0.25, 0.3) is 0 Å². The maximum atomic E-state index is 13.0. The molecule has 2 unspecified atom stereocenters. The molecule has 0 bridgehead atoms. The molecule has 1 heterocycles. The Morgan fingerprint density at radius 1 is 1.36 bits per heavy atom. The van der Waals surface area contributed by atoms with Gasteiger partial charge in [-0.2, -0.15) is 0 Å². The normalized spacial score (nSPS) is 41.8. The van der Waals surface area contributed by atoms with Crippen molar-refractivity contribution in [3.8, 4) is 0 Å². The first kappa shape index (κ1) is 10.3. The summed E-state index contributed by atoms with van der Waals surface area (Å²) in [6.45, 7) is 3.23. The average molecular weight is 203 g/mol. The Kier molecular flexibility index (Phi) is 2.54. The SMILES string of the molecule is CC1(CC2CCC(F)(F)C2)CCCN1. The summed E-state index contributed by atoms with van der Waals surface area (Å²) in [5, 5.41) is 3.44. The Bertz CT molecular complexity index is 209. The monoisotopic (exact) mass is 203 g/mol. The van der Waals surface area contributed by atoms with Crippen molar-refractivity contribution in [2.24, 2.45) is 5.92 Å². The highest BCUT2D eigenvalue weighted by atomic mass is 19.3. The highest BCUT2D eigenvalue weighted by molar-refractivity contribution is 4.93. The molecule has 1 N–H and O–H groups in total. The third kappa shape index (κ3) is 2.25. The molecule has 3 heteroatoms. The summed E-state index contributed by atoms with van der Waals surface area (Å²) in [6.07, 6.45) is 4.21. The van der Waals surface area contributed by atoms with Crippen LogP contribution in [0.3, 0.4) is 0 Å². The molecular formula is C11H19F2N. The van der Waals surface area contributed by atoms with E-state index in [0.717, 1.165) is 19.4 Å². The molecule has 1 saturated heterocycles. The van der Waals surface area contributed by atoms with Crippen molar-refractivity contribution in [3.63, 3.8) is 0 Å². The highest BCUT2D eigenvalue weighted by Crippen LogP contribution is 2.43. The fraction of sp³-hybridized carbons (Fsp3) is 1.00. The van der Waals surface area contributed by atoms with Gasteiger partial charge in [0.05, 0.1) is 0 Å². The van der Waals surface area contributed by atoms with E-state index in [1.807, 2.05) is 0 Å². The van der Waals surface area contributed by atoms with Crippen LogP contribution >= 0.6 is 0 Å². The van der Waals surface area contributed by atoms with Gasteiger partial charge >= 0.3 is 0 Å². The number of nitrogens with one attached hydrogen (secondary N) is 1. The number of halogens is 2. The van der Waals surface area contributed by atoms with Gasteiger partial charge in [0.15, 0.2) is 0 Å². The summed E-state index contributed by atoms with van der Waals surface area (Å²) in [5.41, 5.74) is 0.144. The van der Waals surface area contributed by atoms with Crippen LogP contribution in [-0.2, 0) is 0 Å². The summed E-state index contributed by atoms with van der Waals surface area (Å²) >= 11 is 0. The lowest BCUT2D eigenvalue weighted by Gasteiger charge is -2.27. The van der Waals surface area contributed by atoms with Crippen molar-refractivity contribution >= 4 is 0 Å². The predicted octanol–water partition coefficient (Wildman–Crippen LogP) is 2.95. The molecule has 0 spiro atoms. The average Bonchev–Trinajstić information content (AvgIpc) is 2.59. The van der Waals surface area contributed by atoms with Crippen LogP contribution in [0.15, 0.2) is 0 Å². The molecule has 1 aliphatic carbocycles. The first-order valence-corrected chi connectivity index (χ1v) is 5.62. The summed E-state index contributed by atoms with van der Waals surface area (Å²) in [5.74, 6) is -2.14. The van der Waals surface area contributed by atoms with Crippen LogP contribution in [0, 0.1) is 5.92 Å². The minimum Gasteiger partial charge on any atom is -0.312 e. The fourth-order valence-electron chi connectivity index (χ4n) is 2.98. The molecule has 0 aromatic heterocycles. The van der Waals surface area contributed by atoms with Gasteiger partial charge in [-0.05, 0) is 45.1 Å². The van der Waals surface area contributed by atoms with Gasteiger partial charge in [-0.25, -0.2) is 8.78 Å². The molecule has 1 saturated carbocycles. The Morgan fingerprint density at radius 3 is 2.64 bits per heavy atom. The summed E-state index contributed by atoms with van der Waals surface area (Å²) in [4.78, 5) is 0. The van der Waals surface area contributed by atoms with Gasteiger partial charge in [-0.15, -0.1) is 0 Å². The molecule has 1 aliphatic heterocycles. The Balaban J connectivity index is 1.86. The summed E-state index contributed by atoms with van der Waals surface area (Å²) in [7, 11) is 0.